The third kappa shape index (κ3) is 2.82. The van der Waals surface area contributed by atoms with Crippen LogP contribution in [0.2, 0.25) is 0 Å². The van der Waals surface area contributed by atoms with E-state index in [4.69, 9.17) is 0 Å². The minimum atomic E-state index is 0.609. The van der Waals surface area contributed by atoms with Gasteiger partial charge in [0, 0.05) is 6.04 Å². The van der Waals surface area contributed by atoms with Gasteiger partial charge in [0.2, 0.25) is 0 Å². The molecule has 0 unspecified atom stereocenters. The van der Waals surface area contributed by atoms with E-state index >= 15 is 0 Å². The van der Waals surface area contributed by atoms with Crippen molar-refractivity contribution in [2.45, 2.75) is 39.2 Å². The first-order valence-corrected chi connectivity index (χ1v) is 6.08. The van der Waals surface area contributed by atoms with E-state index in [0.29, 0.717) is 6.04 Å². The molecule has 1 aliphatic rings. The van der Waals surface area contributed by atoms with E-state index in [1.165, 1.54) is 36.9 Å². The molecule has 1 N–H and O–H groups in total. The second-order valence-electron chi connectivity index (χ2n) is 4.99. The molecule has 2 rings (SSSR count). The summed E-state index contributed by atoms with van der Waals surface area (Å²) >= 11 is 0. The lowest BCUT2D eigenvalue weighted by molar-refractivity contribution is 0.638. The summed E-state index contributed by atoms with van der Waals surface area (Å²) in [5.74, 6) is 0.750. The summed E-state index contributed by atoms with van der Waals surface area (Å²) in [7, 11) is 0. The average Bonchev–Trinajstić information content (AvgIpc) is 2.71. The standard InChI is InChI=1S/C14H21N/c1-11(2)10-12-5-7-13(8-6-12)14-4-3-9-15-14/h5-8,11,14-15H,3-4,9-10H2,1-2H3/t14-/m1/s1. The lowest BCUT2D eigenvalue weighted by Gasteiger charge is -2.11. The summed E-state index contributed by atoms with van der Waals surface area (Å²) in [6, 6.07) is 9.77. The third-order valence-electron chi connectivity index (χ3n) is 3.09. The van der Waals surface area contributed by atoms with Crippen molar-refractivity contribution in [1.29, 1.82) is 0 Å². The SMILES string of the molecule is CC(C)Cc1ccc([C@H]2CCCN2)cc1. The Morgan fingerprint density at radius 3 is 2.53 bits per heavy atom. The van der Waals surface area contributed by atoms with Gasteiger partial charge in [-0.2, -0.15) is 0 Å². The smallest absolute Gasteiger partial charge is 0.0320 e. The number of hydrogen-bond acceptors (Lipinski definition) is 1. The van der Waals surface area contributed by atoms with E-state index in [1.807, 2.05) is 0 Å². The summed E-state index contributed by atoms with van der Waals surface area (Å²) in [6.07, 6.45) is 3.81. The van der Waals surface area contributed by atoms with Crippen molar-refractivity contribution in [1.82, 2.24) is 5.32 Å². The Morgan fingerprint density at radius 2 is 2.00 bits per heavy atom. The van der Waals surface area contributed by atoms with Crippen molar-refractivity contribution in [3.05, 3.63) is 35.4 Å². The normalized spacial score (nSPS) is 21.1. The molecular weight excluding hydrogens is 182 g/mol. The van der Waals surface area contributed by atoms with Gasteiger partial charge in [-0.15, -0.1) is 0 Å². The van der Waals surface area contributed by atoms with Crippen LogP contribution in [0.15, 0.2) is 24.3 Å². The van der Waals surface area contributed by atoms with Gasteiger partial charge in [0.25, 0.3) is 0 Å². The second-order valence-corrected chi connectivity index (χ2v) is 4.99. The number of nitrogens with one attached hydrogen (secondary N) is 1. The Morgan fingerprint density at radius 1 is 1.27 bits per heavy atom. The van der Waals surface area contributed by atoms with Crippen LogP contribution in [0.4, 0.5) is 0 Å². The van der Waals surface area contributed by atoms with Gasteiger partial charge in [0.15, 0.2) is 0 Å². The Labute approximate surface area is 92.9 Å². The third-order valence-corrected chi connectivity index (χ3v) is 3.09. The van der Waals surface area contributed by atoms with Crippen LogP contribution in [0.5, 0.6) is 0 Å². The predicted octanol–water partition coefficient (Wildman–Crippen LogP) is 3.31. The maximum Gasteiger partial charge on any atom is 0.0320 e. The molecule has 1 atom stereocenters. The fourth-order valence-electron chi connectivity index (χ4n) is 2.33. The van der Waals surface area contributed by atoms with Crippen LogP contribution in [-0.2, 0) is 6.42 Å². The maximum atomic E-state index is 3.53. The summed E-state index contributed by atoms with van der Waals surface area (Å²) in [5, 5.41) is 3.53. The predicted molar refractivity (Wildman–Crippen MR) is 65.0 cm³/mol. The lowest BCUT2D eigenvalue weighted by Crippen LogP contribution is -2.12. The Kier molecular flexibility index (Phi) is 3.42. The molecule has 0 aromatic heterocycles. The molecule has 1 heteroatoms. The van der Waals surface area contributed by atoms with Crippen molar-refractivity contribution in [3.8, 4) is 0 Å². The van der Waals surface area contributed by atoms with Crippen molar-refractivity contribution in [3.63, 3.8) is 0 Å². The summed E-state index contributed by atoms with van der Waals surface area (Å²) in [4.78, 5) is 0. The highest BCUT2D eigenvalue weighted by Gasteiger charge is 2.15. The van der Waals surface area contributed by atoms with Gasteiger partial charge in [-0.25, -0.2) is 0 Å². The number of benzene rings is 1. The van der Waals surface area contributed by atoms with E-state index in [0.717, 1.165) is 5.92 Å². The zero-order valence-corrected chi connectivity index (χ0v) is 9.79. The Bertz CT molecular complexity index is 294. The van der Waals surface area contributed by atoms with Crippen molar-refractivity contribution in [2.75, 3.05) is 6.54 Å². The van der Waals surface area contributed by atoms with Crippen molar-refractivity contribution in [2.24, 2.45) is 5.92 Å². The molecule has 0 aliphatic carbocycles. The largest absolute Gasteiger partial charge is 0.310 e. The van der Waals surface area contributed by atoms with Crippen LogP contribution in [-0.4, -0.2) is 6.54 Å². The van der Waals surface area contributed by atoms with Gasteiger partial charge >= 0.3 is 0 Å². The quantitative estimate of drug-likeness (QED) is 0.794. The van der Waals surface area contributed by atoms with Crippen molar-refractivity contribution >= 4 is 0 Å². The molecule has 0 amide bonds. The topological polar surface area (TPSA) is 12.0 Å². The first-order chi connectivity index (χ1) is 7.25. The van der Waals surface area contributed by atoms with Gasteiger partial charge in [0.1, 0.15) is 0 Å². The van der Waals surface area contributed by atoms with E-state index in [-0.39, 0.29) is 0 Å². The highest BCUT2D eigenvalue weighted by Crippen LogP contribution is 2.23. The molecule has 1 aliphatic heterocycles. The molecule has 1 aromatic rings. The molecule has 1 saturated heterocycles. The highest BCUT2D eigenvalue weighted by molar-refractivity contribution is 5.25. The van der Waals surface area contributed by atoms with Crippen LogP contribution < -0.4 is 5.32 Å². The Balaban J connectivity index is 2.03. The van der Waals surface area contributed by atoms with Crippen LogP contribution >= 0.6 is 0 Å². The molecular formula is C14H21N. The minimum absolute atomic E-state index is 0.609. The highest BCUT2D eigenvalue weighted by atomic mass is 14.9. The fraction of sp³-hybridized carbons (Fsp3) is 0.571. The van der Waals surface area contributed by atoms with Gasteiger partial charge in [-0.3, -0.25) is 0 Å². The van der Waals surface area contributed by atoms with E-state index < -0.39 is 0 Å². The lowest BCUT2D eigenvalue weighted by atomic mass is 9.99. The zero-order chi connectivity index (χ0) is 10.7. The molecule has 1 heterocycles. The van der Waals surface area contributed by atoms with Crippen LogP contribution in [0, 0.1) is 5.92 Å². The molecule has 1 fully saturated rings. The minimum Gasteiger partial charge on any atom is -0.310 e. The Hall–Kier alpha value is -0.820. The fourth-order valence-corrected chi connectivity index (χ4v) is 2.33. The van der Waals surface area contributed by atoms with Gasteiger partial charge < -0.3 is 5.32 Å². The number of hydrogen-bond donors (Lipinski definition) is 1. The molecule has 1 aromatic carbocycles. The van der Waals surface area contributed by atoms with Gasteiger partial charge in [-0.1, -0.05) is 38.1 Å². The molecule has 82 valence electrons. The van der Waals surface area contributed by atoms with E-state index in [1.54, 1.807) is 0 Å². The van der Waals surface area contributed by atoms with Crippen molar-refractivity contribution < 1.29 is 0 Å². The number of rotatable bonds is 3. The molecule has 0 saturated carbocycles. The second kappa shape index (κ2) is 4.80. The molecule has 15 heavy (non-hydrogen) atoms. The van der Waals surface area contributed by atoms with Gasteiger partial charge in [0.05, 0.1) is 0 Å². The zero-order valence-electron chi connectivity index (χ0n) is 9.79. The first kappa shape index (κ1) is 10.7. The van der Waals surface area contributed by atoms with Gasteiger partial charge in [-0.05, 0) is 42.9 Å². The summed E-state index contributed by atoms with van der Waals surface area (Å²) < 4.78 is 0. The van der Waals surface area contributed by atoms with E-state index in [9.17, 15) is 0 Å². The van der Waals surface area contributed by atoms with Crippen LogP contribution in [0.3, 0.4) is 0 Å². The first-order valence-electron chi connectivity index (χ1n) is 6.08. The molecule has 0 bridgehead atoms. The summed E-state index contributed by atoms with van der Waals surface area (Å²) in [6.45, 7) is 5.72. The summed E-state index contributed by atoms with van der Waals surface area (Å²) in [5.41, 5.74) is 2.92. The molecule has 0 radical (unpaired) electrons. The van der Waals surface area contributed by atoms with E-state index in [2.05, 4.69) is 43.4 Å². The van der Waals surface area contributed by atoms with Crippen LogP contribution in [0.1, 0.15) is 43.9 Å². The van der Waals surface area contributed by atoms with Crippen LogP contribution in [0.25, 0.3) is 0 Å². The average molecular weight is 203 g/mol. The molecule has 0 spiro atoms. The maximum absolute atomic E-state index is 3.53. The molecule has 1 nitrogen and oxygen atoms in total. The monoisotopic (exact) mass is 203 g/mol.